The number of nitrogens with one attached hydrogen (secondary N) is 1. The first-order valence-electron chi connectivity index (χ1n) is 6.07. The first-order chi connectivity index (χ1) is 8.45. The van der Waals surface area contributed by atoms with Gasteiger partial charge in [-0.15, -0.1) is 6.58 Å². The van der Waals surface area contributed by atoms with Gasteiger partial charge in [0.25, 0.3) is 5.69 Å². The molecular formula is C14H20N2O2. The topological polar surface area (TPSA) is 55.2 Å². The molecule has 0 bridgehead atoms. The highest BCUT2D eigenvalue weighted by Crippen LogP contribution is 2.23. The van der Waals surface area contributed by atoms with Crippen molar-refractivity contribution >= 4 is 5.69 Å². The summed E-state index contributed by atoms with van der Waals surface area (Å²) in [6, 6.07) is 5.76. The Morgan fingerprint density at radius 1 is 1.50 bits per heavy atom. The molecule has 0 saturated heterocycles. The van der Waals surface area contributed by atoms with Crippen LogP contribution in [0.3, 0.4) is 0 Å². The van der Waals surface area contributed by atoms with Crippen molar-refractivity contribution < 1.29 is 4.92 Å². The summed E-state index contributed by atoms with van der Waals surface area (Å²) in [4.78, 5) is 10.6. The molecule has 2 unspecified atom stereocenters. The predicted octanol–water partition coefficient (Wildman–Crippen LogP) is 3.52. The molecule has 0 heterocycles. The third-order valence-corrected chi connectivity index (χ3v) is 2.98. The van der Waals surface area contributed by atoms with Crippen LogP contribution in [0.4, 0.5) is 5.69 Å². The van der Waals surface area contributed by atoms with E-state index in [1.807, 2.05) is 19.1 Å². The van der Waals surface area contributed by atoms with Gasteiger partial charge in [-0.2, -0.15) is 0 Å². The average molecular weight is 248 g/mol. The maximum Gasteiger partial charge on any atom is 0.272 e. The van der Waals surface area contributed by atoms with E-state index in [-0.39, 0.29) is 16.7 Å². The van der Waals surface area contributed by atoms with Gasteiger partial charge < -0.3 is 5.32 Å². The van der Waals surface area contributed by atoms with Crippen LogP contribution < -0.4 is 5.32 Å². The molecule has 0 aromatic heterocycles. The van der Waals surface area contributed by atoms with Gasteiger partial charge in [0, 0.05) is 23.7 Å². The van der Waals surface area contributed by atoms with Crippen molar-refractivity contribution in [2.45, 2.75) is 39.3 Å². The van der Waals surface area contributed by atoms with Crippen LogP contribution in [0.2, 0.25) is 0 Å². The Morgan fingerprint density at radius 2 is 2.17 bits per heavy atom. The summed E-state index contributed by atoms with van der Waals surface area (Å²) in [7, 11) is 0. The first kappa shape index (κ1) is 14.4. The van der Waals surface area contributed by atoms with E-state index in [4.69, 9.17) is 0 Å². The van der Waals surface area contributed by atoms with E-state index < -0.39 is 0 Å². The van der Waals surface area contributed by atoms with E-state index in [0.29, 0.717) is 11.6 Å². The van der Waals surface area contributed by atoms with Gasteiger partial charge in [-0.3, -0.25) is 10.1 Å². The van der Waals surface area contributed by atoms with Crippen LogP contribution in [0.25, 0.3) is 0 Å². The second-order valence-corrected chi connectivity index (χ2v) is 4.62. The zero-order valence-corrected chi connectivity index (χ0v) is 11.1. The number of nitro benzene ring substituents is 1. The van der Waals surface area contributed by atoms with Crippen molar-refractivity contribution in [3.05, 3.63) is 52.1 Å². The van der Waals surface area contributed by atoms with Gasteiger partial charge in [0.15, 0.2) is 0 Å². The largest absolute Gasteiger partial charge is 0.307 e. The number of nitro groups is 1. The van der Waals surface area contributed by atoms with Gasteiger partial charge >= 0.3 is 0 Å². The molecule has 1 N–H and O–H groups in total. The van der Waals surface area contributed by atoms with Crippen LogP contribution in [0, 0.1) is 17.0 Å². The lowest BCUT2D eigenvalue weighted by atomic mass is 10.0. The fraction of sp³-hybridized carbons (Fsp3) is 0.429. The van der Waals surface area contributed by atoms with E-state index in [1.54, 1.807) is 19.1 Å². The highest BCUT2D eigenvalue weighted by molar-refractivity contribution is 5.43. The van der Waals surface area contributed by atoms with Gasteiger partial charge in [-0.05, 0) is 32.8 Å². The molecule has 0 amide bonds. The van der Waals surface area contributed by atoms with Crippen LogP contribution in [-0.2, 0) is 0 Å². The molecule has 0 spiro atoms. The van der Waals surface area contributed by atoms with E-state index in [1.165, 1.54) is 0 Å². The third-order valence-electron chi connectivity index (χ3n) is 2.98. The van der Waals surface area contributed by atoms with Crippen LogP contribution in [0.15, 0.2) is 30.9 Å². The highest BCUT2D eigenvalue weighted by Gasteiger charge is 2.15. The Kier molecular flexibility index (Phi) is 5.04. The van der Waals surface area contributed by atoms with Gasteiger partial charge in [0.05, 0.1) is 4.92 Å². The number of aryl methyl sites for hydroxylation is 1. The third kappa shape index (κ3) is 3.67. The summed E-state index contributed by atoms with van der Waals surface area (Å²) in [6.07, 6.45) is 2.74. The Bertz CT molecular complexity index is 443. The van der Waals surface area contributed by atoms with E-state index in [0.717, 1.165) is 12.0 Å². The van der Waals surface area contributed by atoms with E-state index in [9.17, 15) is 10.1 Å². The Balaban J connectivity index is 2.86. The molecule has 0 fully saturated rings. The SMILES string of the molecule is C=CCC(C)NC(C)c1ccc(C)c([N+](=O)[O-])c1. The summed E-state index contributed by atoms with van der Waals surface area (Å²) in [6.45, 7) is 9.53. The Morgan fingerprint density at radius 3 is 2.72 bits per heavy atom. The zero-order valence-electron chi connectivity index (χ0n) is 11.1. The molecule has 4 heteroatoms. The lowest BCUT2D eigenvalue weighted by Crippen LogP contribution is -2.28. The van der Waals surface area contributed by atoms with Crippen molar-refractivity contribution in [1.82, 2.24) is 5.32 Å². The monoisotopic (exact) mass is 248 g/mol. The maximum atomic E-state index is 10.9. The summed E-state index contributed by atoms with van der Waals surface area (Å²) < 4.78 is 0. The van der Waals surface area contributed by atoms with Gasteiger partial charge in [-0.25, -0.2) is 0 Å². The predicted molar refractivity (Wildman–Crippen MR) is 73.7 cm³/mol. The van der Waals surface area contributed by atoms with Gasteiger partial charge in [0.1, 0.15) is 0 Å². The molecule has 0 saturated carbocycles. The number of benzene rings is 1. The number of rotatable bonds is 6. The number of hydrogen-bond acceptors (Lipinski definition) is 3. The van der Waals surface area contributed by atoms with Gasteiger partial charge in [0.2, 0.25) is 0 Å². The van der Waals surface area contributed by atoms with Crippen LogP contribution >= 0.6 is 0 Å². The lowest BCUT2D eigenvalue weighted by molar-refractivity contribution is -0.385. The van der Waals surface area contributed by atoms with Crippen LogP contribution in [0.5, 0.6) is 0 Å². The average Bonchev–Trinajstić information content (AvgIpc) is 2.29. The minimum Gasteiger partial charge on any atom is -0.307 e. The molecule has 0 aliphatic carbocycles. The molecule has 18 heavy (non-hydrogen) atoms. The summed E-state index contributed by atoms with van der Waals surface area (Å²) in [5.74, 6) is 0. The number of nitrogens with zero attached hydrogens (tertiary/aromatic N) is 1. The molecule has 4 nitrogen and oxygen atoms in total. The second-order valence-electron chi connectivity index (χ2n) is 4.62. The Labute approximate surface area is 108 Å². The molecule has 1 aromatic rings. The fourth-order valence-corrected chi connectivity index (χ4v) is 1.93. The summed E-state index contributed by atoms with van der Waals surface area (Å²) in [5.41, 5.74) is 1.80. The maximum absolute atomic E-state index is 10.9. The second kappa shape index (κ2) is 6.31. The molecule has 1 aromatic carbocycles. The minimum absolute atomic E-state index is 0.0826. The van der Waals surface area contributed by atoms with Crippen LogP contribution in [-0.4, -0.2) is 11.0 Å². The number of hydrogen-bond donors (Lipinski definition) is 1. The van der Waals surface area contributed by atoms with Gasteiger partial charge in [-0.1, -0.05) is 18.2 Å². The molecular weight excluding hydrogens is 228 g/mol. The van der Waals surface area contributed by atoms with Crippen molar-refractivity contribution in [3.63, 3.8) is 0 Å². The highest BCUT2D eigenvalue weighted by atomic mass is 16.6. The molecule has 2 atom stereocenters. The van der Waals surface area contributed by atoms with E-state index >= 15 is 0 Å². The van der Waals surface area contributed by atoms with E-state index in [2.05, 4.69) is 18.8 Å². The van der Waals surface area contributed by atoms with Crippen LogP contribution in [0.1, 0.15) is 37.4 Å². The molecule has 1 rings (SSSR count). The minimum atomic E-state index is -0.335. The molecule has 0 radical (unpaired) electrons. The Hall–Kier alpha value is -1.68. The zero-order chi connectivity index (χ0) is 13.7. The molecule has 0 aliphatic rings. The van der Waals surface area contributed by atoms with Crippen molar-refractivity contribution in [2.75, 3.05) is 0 Å². The quantitative estimate of drug-likeness (QED) is 0.476. The van der Waals surface area contributed by atoms with Crippen molar-refractivity contribution in [3.8, 4) is 0 Å². The summed E-state index contributed by atoms with van der Waals surface area (Å²) in [5, 5.41) is 14.3. The van der Waals surface area contributed by atoms with Crippen molar-refractivity contribution in [2.24, 2.45) is 0 Å². The fourth-order valence-electron chi connectivity index (χ4n) is 1.93. The molecule has 0 aliphatic heterocycles. The summed E-state index contributed by atoms with van der Waals surface area (Å²) >= 11 is 0. The first-order valence-corrected chi connectivity index (χ1v) is 6.07. The normalized spacial score (nSPS) is 13.9. The molecule has 98 valence electrons. The van der Waals surface area contributed by atoms with Crippen molar-refractivity contribution in [1.29, 1.82) is 0 Å². The lowest BCUT2D eigenvalue weighted by Gasteiger charge is -2.19. The standard InChI is InChI=1S/C14H20N2O2/c1-5-6-11(3)15-12(4)13-8-7-10(2)14(9-13)16(17)18/h5,7-9,11-12,15H,1,6H2,2-4H3. The smallest absolute Gasteiger partial charge is 0.272 e.